The van der Waals surface area contributed by atoms with Crippen LogP contribution in [0.1, 0.15) is 16.7 Å². The molecule has 0 radical (unpaired) electrons. The highest BCUT2D eigenvalue weighted by Gasteiger charge is 2.18. The summed E-state index contributed by atoms with van der Waals surface area (Å²) in [7, 11) is -1.29. The zero-order chi connectivity index (χ0) is 15.5. The highest BCUT2D eigenvalue weighted by Crippen LogP contribution is 2.30. The highest BCUT2D eigenvalue weighted by atomic mass is 32.2. The van der Waals surface area contributed by atoms with E-state index in [4.69, 9.17) is 9.47 Å². The van der Waals surface area contributed by atoms with E-state index < -0.39 is 16.6 Å². The first-order valence-corrected chi connectivity index (χ1v) is 8.22. The van der Waals surface area contributed by atoms with E-state index in [1.54, 1.807) is 12.1 Å². The van der Waals surface area contributed by atoms with Crippen molar-refractivity contribution in [1.82, 2.24) is 0 Å². The van der Waals surface area contributed by atoms with Gasteiger partial charge in [-0.2, -0.15) is 0 Å². The monoisotopic (exact) mass is 324 g/mol. The topological polar surface area (TPSA) is 35.5 Å². The van der Waals surface area contributed by atoms with Gasteiger partial charge < -0.3 is 9.47 Å². The molecule has 1 aliphatic rings. The Labute approximate surface area is 129 Å². The maximum absolute atomic E-state index is 13.6. The fourth-order valence-corrected chi connectivity index (χ4v) is 3.62. The van der Waals surface area contributed by atoms with Crippen LogP contribution in [0.3, 0.4) is 0 Å². The van der Waals surface area contributed by atoms with Crippen LogP contribution in [-0.4, -0.2) is 11.0 Å². The average Bonchev–Trinajstić information content (AvgIpc) is 2.47. The molecule has 22 heavy (non-hydrogen) atoms. The second kappa shape index (κ2) is 6.54. The molecule has 2 aromatic rings. The maximum atomic E-state index is 13.6. The van der Waals surface area contributed by atoms with Crippen molar-refractivity contribution >= 4 is 10.8 Å². The molecule has 3 nitrogen and oxygen atoms in total. The molecule has 0 amide bonds. The van der Waals surface area contributed by atoms with E-state index in [0.29, 0.717) is 22.4 Å². The van der Waals surface area contributed by atoms with Crippen LogP contribution in [0.5, 0.6) is 5.75 Å². The van der Waals surface area contributed by atoms with Crippen LogP contribution in [-0.2, 0) is 33.6 Å². The van der Waals surface area contributed by atoms with E-state index in [9.17, 15) is 13.0 Å². The quantitative estimate of drug-likeness (QED) is 0.866. The average molecular weight is 324 g/mol. The summed E-state index contributed by atoms with van der Waals surface area (Å²) in [5, 5.41) is 0. The molecule has 3 rings (SSSR count). The van der Waals surface area contributed by atoms with Crippen LogP contribution in [0.25, 0.3) is 0 Å². The predicted octanol–water partition coefficient (Wildman–Crippen LogP) is 3.28. The van der Waals surface area contributed by atoms with E-state index in [0.717, 1.165) is 0 Å². The minimum atomic E-state index is -1.29. The smallest absolute Gasteiger partial charge is 0.189 e. The Morgan fingerprint density at radius 3 is 2.77 bits per heavy atom. The second-order valence-electron chi connectivity index (χ2n) is 5.02. The molecule has 1 aliphatic heterocycles. The molecule has 0 saturated heterocycles. The Morgan fingerprint density at radius 1 is 1.09 bits per heavy atom. The van der Waals surface area contributed by atoms with Crippen molar-refractivity contribution in [3.05, 3.63) is 64.7 Å². The summed E-state index contributed by atoms with van der Waals surface area (Å²) in [5.41, 5.74) is 1.81. The van der Waals surface area contributed by atoms with Crippen LogP contribution in [0.15, 0.2) is 36.4 Å². The molecular formula is C16H14F2O3S. The third-order valence-electron chi connectivity index (χ3n) is 3.28. The van der Waals surface area contributed by atoms with Crippen molar-refractivity contribution in [2.45, 2.75) is 18.1 Å². The van der Waals surface area contributed by atoms with E-state index in [2.05, 4.69) is 0 Å². The van der Waals surface area contributed by atoms with Gasteiger partial charge in [0.2, 0.25) is 0 Å². The molecule has 0 fully saturated rings. The summed E-state index contributed by atoms with van der Waals surface area (Å²) in [5.74, 6) is 0.125. The van der Waals surface area contributed by atoms with Gasteiger partial charge in [-0.3, -0.25) is 4.21 Å². The Bertz CT molecular complexity index is 719. The maximum Gasteiger partial charge on any atom is 0.189 e. The first-order valence-electron chi connectivity index (χ1n) is 6.73. The molecule has 1 heterocycles. The number of ether oxygens (including phenoxy) is 2. The molecule has 0 spiro atoms. The molecule has 0 aliphatic carbocycles. The Kier molecular flexibility index (Phi) is 4.49. The normalized spacial score (nSPS) is 15.0. The van der Waals surface area contributed by atoms with Crippen LogP contribution in [0, 0.1) is 11.6 Å². The fraction of sp³-hybridized carbons (Fsp3) is 0.250. The molecule has 1 atom stereocenters. The number of hydrogen-bond acceptors (Lipinski definition) is 3. The number of rotatable bonds is 4. The van der Waals surface area contributed by atoms with Gasteiger partial charge in [0, 0.05) is 27.7 Å². The van der Waals surface area contributed by atoms with Crippen LogP contribution in [0.4, 0.5) is 8.78 Å². The van der Waals surface area contributed by atoms with Crippen LogP contribution in [0.2, 0.25) is 0 Å². The van der Waals surface area contributed by atoms with E-state index >= 15 is 0 Å². The lowest BCUT2D eigenvalue weighted by Gasteiger charge is -2.20. The van der Waals surface area contributed by atoms with Gasteiger partial charge in [0.25, 0.3) is 0 Å². The lowest BCUT2D eigenvalue weighted by molar-refractivity contribution is -0.0171. The SMILES string of the molecule is O=S(Cc1cccc(F)c1)Cc1cc(F)cc2c1OCOC2. The van der Waals surface area contributed by atoms with Gasteiger partial charge in [0.05, 0.1) is 12.4 Å². The van der Waals surface area contributed by atoms with Crippen molar-refractivity contribution in [1.29, 1.82) is 0 Å². The third-order valence-corrected chi connectivity index (χ3v) is 4.57. The van der Waals surface area contributed by atoms with Crippen LogP contribution >= 0.6 is 0 Å². The first-order chi connectivity index (χ1) is 10.6. The fourth-order valence-electron chi connectivity index (χ4n) is 2.40. The molecule has 0 N–H and O–H groups in total. The predicted molar refractivity (Wildman–Crippen MR) is 78.6 cm³/mol. The standard InChI is InChI=1S/C16H14F2O3S/c17-14-3-1-2-11(4-14)8-22(19)9-13-6-15(18)5-12-7-20-10-21-16(12)13/h1-6H,7-10H2. The molecular weight excluding hydrogens is 310 g/mol. The number of halogens is 2. The third kappa shape index (κ3) is 3.51. The van der Waals surface area contributed by atoms with E-state index in [1.807, 2.05) is 0 Å². The lowest BCUT2D eigenvalue weighted by Crippen LogP contribution is -2.14. The molecule has 116 valence electrons. The highest BCUT2D eigenvalue weighted by molar-refractivity contribution is 7.83. The van der Waals surface area contributed by atoms with E-state index in [1.165, 1.54) is 24.3 Å². The minimum Gasteiger partial charge on any atom is -0.467 e. The molecule has 0 aromatic heterocycles. The van der Waals surface area contributed by atoms with Crippen LogP contribution < -0.4 is 4.74 Å². The van der Waals surface area contributed by atoms with Gasteiger partial charge in [-0.25, -0.2) is 8.78 Å². The first kappa shape index (κ1) is 15.1. The van der Waals surface area contributed by atoms with Gasteiger partial charge in [0.15, 0.2) is 6.79 Å². The second-order valence-corrected chi connectivity index (χ2v) is 6.48. The van der Waals surface area contributed by atoms with Crippen molar-refractivity contribution in [3.63, 3.8) is 0 Å². The minimum absolute atomic E-state index is 0.0994. The van der Waals surface area contributed by atoms with Gasteiger partial charge in [-0.05, 0) is 29.8 Å². The van der Waals surface area contributed by atoms with Crippen molar-refractivity contribution < 1.29 is 22.5 Å². The van der Waals surface area contributed by atoms with E-state index in [-0.39, 0.29) is 30.7 Å². The summed E-state index contributed by atoms with van der Waals surface area (Å²) in [4.78, 5) is 0. The van der Waals surface area contributed by atoms with Crippen molar-refractivity contribution in [2.24, 2.45) is 0 Å². The Balaban J connectivity index is 1.78. The Morgan fingerprint density at radius 2 is 1.95 bits per heavy atom. The Hall–Kier alpha value is -1.79. The van der Waals surface area contributed by atoms with Gasteiger partial charge >= 0.3 is 0 Å². The van der Waals surface area contributed by atoms with Gasteiger partial charge in [-0.1, -0.05) is 12.1 Å². The number of benzene rings is 2. The summed E-state index contributed by atoms with van der Waals surface area (Å²) >= 11 is 0. The van der Waals surface area contributed by atoms with Gasteiger partial charge in [0.1, 0.15) is 17.4 Å². The van der Waals surface area contributed by atoms with Crippen molar-refractivity contribution in [3.8, 4) is 5.75 Å². The molecule has 0 saturated carbocycles. The molecule has 6 heteroatoms. The van der Waals surface area contributed by atoms with Gasteiger partial charge in [-0.15, -0.1) is 0 Å². The molecule has 0 bridgehead atoms. The summed E-state index contributed by atoms with van der Waals surface area (Å²) in [6.45, 7) is 0.374. The largest absolute Gasteiger partial charge is 0.467 e. The zero-order valence-corrected chi connectivity index (χ0v) is 12.5. The zero-order valence-electron chi connectivity index (χ0n) is 11.7. The number of hydrogen-bond donors (Lipinski definition) is 0. The molecule has 1 unspecified atom stereocenters. The number of fused-ring (bicyclic) bond motifs is 1. The summed E-state index contributed by atoms with van der Waals surface area (Å²) < 4.78 is 49.5. The summed E-state index contributed by atoms with van der Waals surface area (Å²) in [6.07, 6.45) is 0. The molecule has 2 aromatic carbocycles. The van der Waals surface area contributed by atoms with Crippen molar-refractivity contribution in [2.75, 3.05) is 6.79 Å². The lowest BCUT2D eigenvalue weighted by atomic mass is 10.1. The summed E-state index contributed by atoms with van der Waals surface area (Å²) in [6, 6.07) is 8.66.